The summed E-state index contributed by atoms with van der Waals surface area (Å²) >= 11 is 3.43. The Balaban J connectivity index is 1.67. The lowest BCUT2D eigenvalue weighted by molar-refractivity contribution is 0.760. The molecule has 1 N–H and O–H groups in total. The molecule has 22 heavy (non-hydrogen) atoms. The molecule has 0 amide bonds. The molecular formula is C17H17BrN4. The lowest BCUT2D eigenvalue weighted by Crippen LogP contribution is -2.03. The Morgan fingerprint density at radius 1 is 1.18 bits per heavy atom. The number of halogens is 1. The van der Waals surface area contributed by atoms with E-state index in [2.05, 4.69) is 60.0 Å². The number of aromatic nitrogens is 3. The van der Waals surface area contributed by atoms with E-state index in [1.54, 1.807) is 6.20 Å². The highest BCUT2D eigenvalue weighted by Gasteiger charge is 2.01. The molecule has 112 valence electrons. The summed E-state index contributed by atoms with van der Waals surface area (Å²) in [6, 6.07) is 10.6. The van der Waals surface area contributed by atoms with E-state index >= 15 is 0 Å². The van der Waals surface area contributed by atoms with E-state index in [9.17, 15) is 0 Å². The van der Waals surface area contributed by atoms with Crippen molar-refractivity contribution in [2.45, 2.75) is 20.0 Å². The second kappa shape index (κ2) is 6.75. The molecule has 0 saturated carbocycles. The van der Waals surface area contributed by atoms with E-state index in [1.165, 1.54) is 11.1 Å². The van der Waals surface area contributed by atoms with Gasteiger partial charge in [-0.2, -0.15) is 0 Å². The molecule has 0 bridgehead atoms. The Hall–Kier alpha value is -2.14. The quantitative estimate of drug-likeness (QED) is 0.750. The summed E-state index contributed by atoms with van der Waals surface area (Å²) in [6.07, 6.45) is 7.44. The molecule has 0 spiro atoms. The van der Waals surface area contributed by atoms with Crippen LogP contribution in [0.15, 0.2) is 59.6 Å². The standard InChI is InChI=1S/C17H17BrN4/c1-13-20-5-6-22(13)12-15-4-2-3-14(7-15)9-21-17-8-16(18)10-19-11-17/h2-8,10-11,21H,9,12H2,1H3. The molecule has 1 aromatic carbocycles. The smallest absolute Gasteiger partial charge is 0.105 e. The average molecular weight is 357 g/mol. The topological polar surface area (TPSA) is 42.7 Å². The fourth-order valence-electron chi connectivity index (χ4n) is 2.32. The van der Waals surface area contributed by atoms with Gasteiger partial charge in [-0.15, -0.1) is 0 Å². The molecule has 0 saturated heterocycles. The molecule has 0 fully saturated rings. The number of rotatable bonds is 5. The van der Waals surface area contributed by atoms with Crippen molar-refractivity contribution < 1.29 is 0 Å². The first-order valence-corrected chi connectivity index (χ1v) is 7.90. The first kappa shape index (κ1) is 14.8. The van der Waals surface area contributed by atoms with Gasteiger partial charge >= 0.3 is 0 Å². The van der Waals surface area contributed by atoms with E-state index < -0.39 is 0 Å². The molecule has 0 aliphatic rings. The molecule has 0 radical (unpaired) electrons. The van der Waals surface area contributed by atoms with E-state index in [-0.39, 0.29) is 0 Å². The number of nitrogens with zero attached hydrogens (tertiary/aromatic N) is 3. The Morgan fingerprint density at radius 2 is 2.05 bits per heavy atom. The number of nitrogens with one attached hydrogen (secondary N) is 1. The fourth-order valence-corrected chi connectivity index (χ4v) is 2.68. The van der Waals surface area contributed by atoms with Crippen molar-refractivity contribution in [1.29, 1.82) is 0 Å². The minimum Gasteiger partial charge on any atom is -0.380 e. The van der Waals surface area contributed by atoms with Crippen molar-refractivity contribution in [1.82, 2.24) is 14.5 Å². The van der Waals surface area contributed by atoms with Gasteiger partial charge in [0.1, 0.15) is 5.82 Å². The number of aryl methyl sites for hydroxylation is 1. The summed E-state index contributed by atoms with van der Waals surface area (Å²) in [5.74, 6) is 1.03. The summed E-state index contributed by atoms with van der Waals surface area (Å²) in [7, 11) is 0. The zero-order valence-corrected chi connectivity index (χ0v) is 13.9. The number of hydrogen-bond donors (Lipinski definition) is 1. The highest BCUT2D eigenvalue weighted by atomic mass is 79.9. The maximum Gasteiger partial charge on any atom is 0.105 e. The van der Waals surface area contributed by atoms with Gasteiger partial charge in [0.15, 0.2) is 0 Å². The van der Waals surface area contributed by atoms with Gasteiger partial charge in [-0.05, 0) is 40.0 Å². The SMILES string of the molecule is Cc1nccn1Cc1cccc(CNc2cncc(Br)c2)c1. The predicted octanol–water partition coefficient (Wildman–Crippen LogP) is 4.01. The summed E-state index contributed by atoms with van der Waals surface area (Å²) in [5.41, 5.74) is 3.52. The third-order valence-corrected chi connectivity index (χ3v) is 3.90. The molecule has 0 atom stereocenters. The van der Waals surface area contributed by atoms with Crippen molar-refractivity contribution in [3.8, 4) is 0 Å². The number of imidazole rings is 1. The van der Waals surface area contributed by atoms with Crippen molar-refractivity contribution in [2.75, 3.05) is 5.32 Å². The zero-order valence-electron chi connectivity index (χ0n) is 12.3. The lowest BCUT2D eigenvalue weighted by atomic mass is 10.1. The van der Waals surface area contributed by atoms with Gasteiger partial charge in [-0.25, -0.2) is 4.98 Å². The third kappa shape index (κ3) is 3.74. The van der Waals surface area contributed by atoms with Gasteiger partial charge in [0, 0.05) is 36.2 Å². The monoisotopic (exact) mass is 356 g/mol. The third-order valence-electron chi connectivity index (χ3n) is 3.47. The Morgan fingerprint density at radius 3 is 2.82 bits per heavy atom. The van der Waals surface area contributed by atoms with Crippen LogP contribution in [0.1, 0.15) is 17.0 Å². The van der Waals surface area contributed by atoms with Crippen LogP contribution in [-0.4, -0.2) is 14.5 Å². The van der Waals surface area contributed by atoms with Crippen LogP contribution < -0.4 is 5.32 Å². The molecule has 0 aliphatic heterocycles. The zero-order chi connectivity index (χ0) is 15.4. The largest absolute Gasteiger partial charge is 0.380 e. The summed E-state index contributed by atoms with van der Waals surface area (Å²) in [6.45, 7) is 3.64. The van der Waals surface area contributed by atoms with Crippen LogP contribution in [0.25, 0.3) is 0 Å². The highest BCUT2D eigenvalue weighted by Crippen LogP contribution is 2.15. The summed E-state index contributed by atoms with van der Waals surface area (Å²) in [4.78, 5) is 8.41. The first-order chi connectivity index (χ1) is 10.7. The number of benzene rings is 1. The Bertz CT molecular complexity index is 767. The van der Waals surface area contributed by atoms with Crippen LogP contribution in [0.2, 0.25) is 0 Å². The molecule has 3 rings (SSSR count). The molecule has 3 aromatic rings. The molecule has 0 aliphatic carbocycles. The highest BCUT2D eigenvalue weighted by molar-refractivity contribution is 9.10. The van der Waals surface area contributed by atoms with Crippen molar-refractivity contribution in [3.05, 3.63) is 76.5 Å². The van der Waals surface area contributed by atoms with Crippen LogP contribution >= 0.6 is 15.9 Å². The van der Waals surface area contributed by atoms with E-state index in [4.69, 9.17) is 0 Å². The van der Waals surface area contributed by atoms with E-state index in [0.717, 1.165) is 29.1 Å². The van der Waals surface area contributed by atoms with Crippen molar-refractivity contribution in [2.24, 2.45) is 0 Å². The van der Waals surface area contributed by atoms with Crippen molar-refractivity contribution in [3.63, 3.8) is 0 Å². The van der Waals surface area contributed by atoms with Gasteiger partial charge in [-0.1, -0.05) is 24.3 Å². The number of hydrogen-bond acceptors (Lipinski definition) is 3. The van der Waals surface area contributed by atoms with Gasteiger partial charge in [0.05, 0.1) is 11.9 Å². The Labute approximate surface area is 138 Å². The van der Waals surface area contributed by atoms with Crippen LogP contribution in [-0.2, 0) is 13.1 Å². The number of pyridine rings is 1. The van der Waals surface area contributed by atoms with Gasteiger partial charge in [0.2, 0.25) is 0 Å². The number of anilines is 1. The second-order valence-electron chi connectivity index (χ2n) is 5.17. The normalized spacial score (nSPS) is 10.6. The molecule has 0 unspecified atom stereocenters. The molecule has 2 aromatic heterocycles. The maximum atomic E-state index is 4.26. The van der Waals surface area contributed by atoms with Crippen LogP contribution in [0.4, 0.5) is 5.69 Å². The predicted molar refractivity (Wildman–Crippen MR) is 91.8 cm³/mol. The summed E-state index contributed by atoms with van der Waals surface area (Å²) < 4.78 is 3.12. The molecule has 2 heterocycles. The van der Waals surface area contributed by atoms with Crippen molar-refractivity contribution >= 4 is 21.6 Å². The van der Waals surface area contributed by atoms with E-state index in [1.807, 2.05) is 31.6 Å². The van der Waals surface area contributed by atoms with Crippen LogP contribution in [0.3, 0.4) is 0 Å². The molecular weight excluding hydrogens is 340 g/mol. The lowest BCUT2D eigenvalue weighted by Gasteiger charge is -2.09. The summed E-state index contributed by atoms with van der Waals surface area (Å²) in [5, 5.41) is 3.39. The maximum absolute atomic E-state index is 4.26. The van der Waals surface area contributed by atoms with Crippen LogP contribution in [0.5, 0.6) is 0 Å². The van der Waals surface area contributed by atoms with Gasteiger partial charge < -0.3 is 9.88 Å². The second-order valence-corrected chi connectivity index (χ2v) is 6.08. The van der Waals surface area contributed by atoms with Gasteiger partial charge in [-0.3, -0.25) is 4.98 Å². The molecule has 5 heteroatoms. The first-order valence-electron chi connectivity index (χ1n) is 7.11. The fraction of sp³-hybridized carbons (Fsp3) is 0.176. The average Bonchev–Trinajstić information content (AvgIpc) is 2.91. The van der Waals surface area contributed by atoms with Crippen LogP contribution in [0, 0.1) is 6.92 Å². The minimum atomic E-state index is 0.773. The molecule has 4 nitrogen and oxygen atoms in total. The minimum absolute atomic E-state index is 0.773. The van der Waals surface area contributed by atoms with Gasteiger partial charge in [0.25, 0.3) is 0 Å². The Kier molecular flexibility index (Phi) is 4.53. The van der Waals surface area contributed by atoms with E-state index in [0.29, 0.717) is 0 Å².